The zero-order valence-electron chi connectivity index (χ0n) is 10.7. The van der Waals surface area contributed by atoms with Crippen molar-refractivity contribution in [2.45, 2.75) is 27.2 Å². The third-order valence-corrected chi connectivity index (χ3v) is 2.85. The number of hydrogen-bond donors (Lipinski definition) is 1. The molecule has 2 heterocycles. The highest BCUT2D eigenvalue weighted by molar-refractivity contribution is 5.60. The van der Waals surface area contributed by atoms with E-state index in [2.05, 4.69) is 22.0 Å². The maximum atomic E-state index is 5.95. The predicted molar refractivity (Wildman–Crippen MR) is 67.5 cm³/mol. The largest absolute Gasteiger partial charge is 0.383 e. The lowest BCUT2D eigenvalue weighted by Crippen LogP contribution is -2.04. The van der Waals surface area contributed by atoms with E-state index in [1.807, 2.05) is 27.1 Å². The number of nitrogens with zero attached hydrogens (tertiary/aromatic N) is 4. The van der Waals surface area contributed by atoms with Crippen LogP contribution in [0, 0.1) is 13.8 Å². The van der Waals surface area contributed by atoms with Gasteiger partial charge in [0.25, 0.3) is 0 Å². The van der Waals surface area contributed by atoms with Gasteiger partial charge >= 0.3 is 0 Å². The third kappa shape index (κ3) is 2.00. The van der Waals surface area contributed by atoms with Gasteiger partial charge in [-0.2, -0.15) is 5.10 Å². The molecule has 0 spiro atoms. The van der Waals surface area contributed by atoms with Gasteiger partial charge in [0.2, 0.25) is 0 Å². The molecule has 2 aromatic heterocycles. The van der Waals surface area contributed by atoms with E-state index < -0.39 is 0 Å². The van der Waals surface area contributed by atoms with Crippen molar-refractivity contribution >= 4 is 5.82 Å². The summed E-state index contributed by atoms with van der Waals surface area (Å²) < 4.78 is 1.76. The minimum Gasteiger partial charge on any atom is -0.383 e. The lowest BCUT2D eigenvalue weighted by Gasteiger charge is -2.07. The van der Waals surface area contributed by atoms with Crippen molar-refractivity contribution in [3.05, 3.63) is 23.1 Å². The van der Waals surface area contributed by atoms with Crippen molar-refractivity contribution in [1.29, 1.82) is 0 Å². The molecule has 5 heteroatoms. The maximum absolute atomic E-state index is 5.95. The molecule has 0 unspecified atom stereocenters. The van der Waals surface area contributed by atoms with Crippen molar-refractivity contribution in [2.24, 2.45) is 7.05 Å². The van der Waals surface area contributed by atoms with Crippen molar-refractivity contribution < 1.29 is 0 Å². The van der Waals surface area contributed by atoms with Gasteiger partial charge in [0.15, 0.2) is 5.82 Å². The number of aromatic nitrogens is 4. The van der Waals surface area contributed by atoms with Crippen LogP contribution in [0.4, 0.5) is 5.82 Å². The lowest BCUT2D eigenvalue weighted by molar-refractivity contribution is 0.756. The van der Waals surface area contributed by atoms with Crippen LogP contribution >= 0.6 is 0 Å². The summed E-state index contributed by atoms with van der Waals surface area (Å²) in [7, 11) is 1.88. The zero-order chi connectivity index (χ0) is 12.6. The SMILES string of the molecule is CCc1c(C)nc(-c2cn(C)nc2C)nc1N. The molecule has 0 bridgehead atoms. The average Bonchev–Trinajstić information content (AvgIpc) is 2.57. The van der Waals surface area contributed by atoms with Gasteiger partial charge in [-0.1, -0.05) is 6.92 Å². The van der Waals surface area contributed by atoms with Gasteiger partial charge in [0.05, 0.1) is 11.3 Å². The Morgan fingerprint density at radius 1 is 1.24 bits per heavy atom. The molecule has 0 atom stereocenters. The minimum atomic E-state index is 0.568. The van der Waals surface area contributed by atoms with Gasteiger partial charge in [-0.3, -0.25) is 4.68 Å². The van der Waals surface area contributed by atoms with E-state index in [4.69, 9.17) is 5.73 Å². The topological polar surface area (TPSA) is 69.6 Å². The smallest absolute Gasteiger partial charge is 0.165 e. The Morgan fingerprint density at radius 3 is 2.41 bits per heavy atom. The molecular weight excluding hydrogens is 214 g/mol. The van der Waals surface area contributed by atoms with E-state index in [0.717, 1.165) is 28.9 Å². The summed E-state index contributed by atoms with van der Waals surface area (Å²) in [5.74, 6) is 1.22. The van der Waals surface area contributed by atoms with Gasteiger partial charge in [-0.15, -0.1) is 0 Å². The molecule has 0 amide bonds. The second-order valence-corrected chi connectivity index (χ2v) is 4.15. The van der Waals surface area contributed by atoms with E-state index in [1.165, 1.54) is 0 Å². The summed E-state index contributed by atoms with van der Waals surface area (Å²) in [5.41, 5.74) is 9.76. The Bertz CT molecular complexity index is 533. The molecule has 0 saturated heterocycles. The van der Waals surface area contributed by atoms with E-state index in [9.17, 15) is 0 Å². The molecule has 0 fully saturated rings. The summed E-state index contributed by atoms with van der Waals surface area (Å²) in [4.78, 5) is 8.87. The standard InChI is InChI=1S/C12H17N5/c1-5-9-7(2)14-12(15-11(9)13)10-6-17(4)16-8(10)3/h6H,5H2,1-4H3,(H2,13,14,15). The highest BCUT2D eigenvalue weighted by Gasteiger charge is 2.13. The van der Waals surface area contributed by atoms with Crippen LogP contribution in [0.5, 0.6) is 0 Å². The van der Waals surface area contributed by atoms with Gasteiger partial charge in [0, 0.05) is 24.5 Å². The van der Waals surface area contributed by atoms with E-state index in [-0.39, 0.29) is 0 Å². The lowest BCUT2D eigenvalue weighted by atomic mass is 10.1. The molecule has 0 aromatic carbocycles. The van der Waals surface area contributed by atoms with Crippen molar-refractivity contribution in [3.63, 3.8) is 0 Å². The van der Waals surface area contributed by atoms with Crippen LogP contribution in [0.25, 0.3) is 11.4 Å². The number of anilines is 1. The van der Waals surface area contributed by atoms with E-state index >= 15 is 0 Å². The summed E-state index contributed by atoms with van der Waals surface area (Å²) >= 11 is 0. The van der Waals surface area contributed by atoms with Crippen LogP contribution in [0.15, 0.2) is 6.20 Å². The van der Waals surface area contributed by atoms with Gasteiger partial charge in [0.1, 0.15) is 5.82 Å². The van der Waals surface area contributed by atoms with Crippen LogP contribution in [-0.4, -0.2) is 19.7 Å². The fourth-order valence-electron chi connectivity index (χ4n) is 1.99. The second-order valence-electron chi connectivity index (χ2n) is 4.15. The monoisotopic (exact) mass is 231 g/mol. The molecule has 0 radical (unpaired) electrons. The van der Waals surface area contributed by atoms with E-state index in [1.54, 1.807) is 4.68 Å². The fourth-order valence-corrected chi connectivity index (χ4v) is 1.99. The first kappa shape index (κ1) is 11.6. The highest BCUT2D eigenvalue weighted by atomic mass is 15.3. The molecule has 0 aliphatic rings. The molecule has 5 nitrogen and oxygen atoms in total. The zero-order valence-corrected chi connectivity index (χ0v) is 10.7. The Hall–Kier alpha value is -1.91. The number of nitrogens with two attached hydrogens (primary N) is 1. The minimum absolute atomic E-state index is 0.568. The molecule has 17 heavy (non-hydrogen) atoms. The van der Waals surface area contributed by atoms with Crippen LogP contribution in [-0.2, 0) is 13.5 Å². The van der Waals surface area contributed by atoms with Crippen molar-refractivity contribution in [2.75, 3.05) is 5.73 Å². The van der Waals surface area contributed by atoms with Crippen molar-refractivity contribution in [1.82, 2.24) is 19.7 Å². The van der Waals surface area contributed by atoms with Crippen molar-refractivity contribution in [3.8, 4) is 11.4 Å². The quantitative estimate of drug-likeness (QED) is 0.853. The molecule has 2 aromatic rings. The van der Waals surface area contributed by atoms with Gasteiger partial charge < -0.3 is 5.73 Å². The predicted octanol–water partition coefficient (Wildman–Crippen LogP) is 1.64. The first-order valence-electron chi connectivity index (χ1n) is 5.66. The molecule has 2 N–H and O–H groups in total. The molecule has 0 aliphatic carbocycles. The first-order valence-corrected chi connectivity index (χ1v) is 5.66. The Kier molecular flexibility index (Phi) is 2.83. The average molecular weight is 231 g/mol. The molecule has 90 valence electrons. The highest BCUT2D eigenvalue weighted by Crippen LogP contribution is 2.22. The van der Waals surface area contributed by atoms with Crippen LogP contribution < -0.4 is 5.73 Å². The Balaban J connectivity index is 2.58. The normalized spacial score (nSPS) is 10.8. The molecule has 0 saturated carbocycles. The Morgan fingerprint density at radius 2 is 1.94 bits per heavy atom. The number of rotatable bonds is 2. The molecule has 0 aliphatic heterocycles. The van der Waals surface area contributed by atoms with Gasteiger partial charge in [-0.25, -0.2) is 9.97 Å². The molecule has 2 rings (SSSR count). The Labute approximate surface area is 101 Å². The molecular formula is C12H17N5. The summed E-state index contributed by atoms with van der Waals surface area (Å²) in [6.45, 7) is 5.96. The van der Waals surface area contributed by atoms with Crippen LogP contribution in [0.2, 0.25) is 0 Å². The fraction of sp³-hybridized carbons (Fsp3) is 0.417. The third-order valence-electron chi connectivity index (χ3n) is 2.85. The first-order chi connectivity index (χ1) is 8.02. The second kappa shape index (κ2) is 4.16. The maximum Gasteiger partial charge on any atom is 0.165 e. The summed E-state index contributed by atoms with van der Waals surface area (Å²) in [5, 5.41) is 4.29. The number of aryl methyl sites for hydroxylation is 3. The van der Waals surface area contributed by atoms with Gasteiger partial charge in [-0.05, 0) is 20.3 Å². The van der Waals surface area contributed by atoms with Crippen LogP contribution in [0.1, 0.15) is 23.9 Å². The van der Waals surface area contributed by atoms with Crippen LogP contribution in [0.3, 0.4) is 0 Å². The summed E-state index contributed by atoms with van der Waals surface area (Å²) in [6, 6.07) is 0. The number of hydrogen-bond acceptors (Lipinski definition) is 4. The number of nitrogen functional groups attached to an aromatic ring is 1. The van der Waals surface area contributed by atoms with E-state index in [0.29, 0.717) is 11.6 Å². The summed E-state index contributed by atoms with van der Waals surface area (Å²) in [6.07, 6.45) is 2.76.